The molecule has 0 bridgehead atoms. The normalized spacial score (nSPS) is 11.1. The Morgan fingerprint density at radius 2 is 2.19 bits per heavy atom. The maximum atomic E-state index is 11.9. The second-order valence-corrected chi connectivity index (χ2v) is 6.08. The highest BCUT2D eigenvalue weighted by Gasteiger charge is 2.09. The zero-order valence-electron chi connectivity index (χ0n) is 14.0. The SMILES string of the molecule is CCOc1cccc(C=NNC(=O)CSc2nc3ccccc3o2)c1O. The average Bonchev–Trinajstić information content (AvgIpc) is 3.06. The standard InChI is InChI=1S/C18H17N3O4S/c1-2-24-15-9-5-6-12(17(15)23)10-19-21-16(22)11-26-18-20-13-7-3-4-8-14(13)25-18/h3-10,23H,2,11H2,1H3,(H,21,22). The predicted molar refractivity (Wildman–Crippen MR) is 99.7 cm³/mol. The van der Waals surface area contributed by atoms with Crippen LogP contribution in [0.3, 0.4) is 0 Å². The van der Waals surface area contributed by atoms with Crippen LogP contribution in [0.4, 0.5) is 0 Å². The molecule has 0 saturated heterocycles. The van der Waals surface area contributed by atoms with Crippen molar-refractivity contribution in [2.75, 3.05) is 12.4 Å². The van der Waals surface area contributed by atoms with E-state index in [0.717, 1.165) is 5.52 Å². The molecule has 134 valence electrons. The Morgan fingerprint density at radius 3 is 3.00 bits per heavy atom. The van der Waals surface area contributed by atoms with Crippen LogP contribution in [-0.2, 0) is 4.79 Å². The lowest BCUT2D eigenvalue weighted by molar-refractivity contribution is -0.118. The molecular weight excluding hydrogens is 354 g/mol. The number of phenols is 1. The number of carbonyl (C=O) groups is 1. The van der Waals surface area contributed by atoms with Gasteiger partial charge in [-0.2, -0.15) is 5.10 Å². The molecule has 1 heterocycles. The highest BCUT2D eigenvalue weighted by molar-refractivity contribution is 7.99. The summed E-state index contributed by atoms with van der Waals surface area (Å²) in [5.74, 6) is 0.145. The summed E-state index contributed by atoms with van der Waals surface area (Å²) < 4.78 is 10.8. The fraction of sp³-hybridized carbons (Fsp3) is 0.167. The van der Waals surface area contributed by atoms with Gasteiger partial charge < -0.3 is 14.3 Å². The molecule has 0 aliphatic carbocycles. The molecule has 0 aliphatic heterocycles. The second-order valence-electron chi connectivity index (χ2n) is 5.16. The molecule has 26 heavy (non-hydrogen) atoms. The first-order valence-corrected chi connectivity index (χ1v) is 8.91. The van der Waals surface area contributed by atoms with E-state index in [-0.39, 0.29) is 17.4 Å². The Bertz CT molecular complexity index is 906. The number of nitrogens with zero attached hydrogens (tertiary/aromatic N) is 2. The molecule has 3 rings (SSSR count). The van der Waals surface area contributed by atoms with Crippen molar-refractivity contribution < 1.29 is 19.1 Å². The molecule has 0 radical (unpaired) electrons. The number of carbonyl (C=O) groups excluding carboxylic acids is 1. The van der Waals surface area contributed by atoms with E-state index in [9.17, 15) is 9.90 Å². The average molecular weight is 371 g/mol. The van der Waals surface area contributed by atoms with E-state index in [4.69, 9.17) is 9.15 Å². The highest BCUT2D eigenvalue weighted by Crippen LogP contribution is 2.28. The molecule has 0 spiro atoms. The van der Waals surface area contributed by atoms with E-state index < -0.39 is 0 Å². The number of hydrogen-bond donors (Lipinski definition) is 2. The predicted octanol–water partition coefficient (Wildman–Crippen LogP) is 3.17. The summed E-state index contributed by atoms with van der Waals surface area (Å²) in [6.45, 7) is 2.27. The van der Waals surface area contributed by atoms with E-state index >= 15 is 0 Å². The van der Waals surface area contributed by atoms with Crippen LogP contribution in [0, 0.1) is 0 Å². The summed E-state index contributed by atoms with van der Waals surface area (Å²) in [7, 11) is 0. The Hall–Kier alpha value is -3.00. The van der Waals surface area contributed by atoms with Gasteiger partial charge in [-0.15, -0.1) is 0 Å². The fourth-order valence-electron chi connectivity index (χ4n) is 2.16. The molecule has 3 aromatic rings. The van der Waals surface area contributed by atoms with Crippen molar-refractivity contribution in [3.8, 4) is 11.5 Å². The number of aromatic hydroxyl groups is 1. The van der Waals surface area contributed by atoms with Crippen LogP contribution in [0.2, 0.25) is 0 Å². The molecule has 7 nitrogen and oxygen atoms in total. The van der Waals surface area contributed by atoms with Gasteiger partial charge in [-0.25, -0.2) is 10.4 Å². The Kier molecular flexibility index (Phi) is 5.75. The third-order valence-corrected chi connectivity index (χ3v) is 4.15. The van der Waals surface area contributed by atoms with Crippen molar-refractivity contribution >= 4 is 35.0 Å². The van der Waals surface area contributed by atoms with Gasteiger partial charge in [-0.1, -0.05) is 30.0 Å². The van der Waals surface area contributed by atoms with Crippen molar-refractivity contribution in [2.24, 2.45) is 5.10 Å². The van der Waals surface area contributed by atoms with Gasteiger partial charge in [0.15, 0.2) is 17.1 Å². The Balaban J connectivity index is 1.54. The quantitative estimate of drug-likeness (QED) is 0.376. The monoisotopic (exact) mass is 371 g/mol. The Labute approximate surface area is 154 Å². The van der Waals surface area contributed by atoms with Crippen molar-refractivity contribution in [3.63, 3.8) is 0 Å². The largest absolute Gasteiger partial charge is 0.504 e. The van der Waals surface area contributed by atoms with Crippen LogP contribution in [-0.4, -0.2) is 34.6 Å². The number of thioether (sulfide) groups is 1. The van der Waals surface area contributed by atoms with Gasteiger partial charge in [-0.3, -0.25) is 4.79 Å². The van der Waals surface area contributed by atoms with Gasteiger partial charge in [0.05, 0.1) is 18.6 Å². The van der Waals surface area contributed by atoms with Crippen LogP contribution < -0.4 is 10.2 Å². The molecule has 0 unspecified atom stereocenters. The lowest BCUT2D eigenvalue weighted by Crippen LogP contribution is -2.19. The first-order valence-electron chi connectivity index (χ1n) is 7.92. The molecule has 1 aromatic heterocycles. The number of para-hydroxylation sites is 3. The first kappa shape index (κ1) is 17.8. The summed E-state index contributed by atoms with van der Waals surface area (Å²) in [5, 5.41) is 14.3. The number of hydrazone groups is 1. The van der Waals surface area contributed by atoms with Crippen molar-refractivity contribution in [2.45, 2.75) is 12.1 Å². The third kappa shape index (κ3) is 4.34. The van der Waals surface area contributed by atoms with Crippen molar-refractivity contribution in [1.82, 2.24) is 10.4 Å². The second kappa shape index (κ2) is 8.39. The minimum absolute atomic E-state index is 0.0202. The van der Waals surface area contributed by atoms with Gasteiger partial charge in [0.1, 0.15) is 5.52 Å². The summed E-state index contributed by atoms with van der Waals surface area (Å²) >= 11 is 1.18. The van der Waals surface area contributed by atoms with E-state index in [1.54, 1.807) is 18.2 Å². The first-order chi connectivity index (χ1) is 12.7. The van der Waals surface area contributed by atoms with E-state index in [2.05, 4.69) is 15.5 Å². The number of hydrogen-bond acceptors (Lipinski definition) is 7. The molecule has 1 amide bonds. The number of fused-ring (bicyclic) bond motifs is 1. The van der Waals surface area contributed by atoms with Gasteiger partial charge >= 0.3 is 0 Å². The number of nitrogens with one attached hydrogen (secondary N) is 1. The minimum atomic E-state index is -0.311. The van der Waals surface area contributed by atoms with Gasteiger partial charge in [0.25, 0.3) is 11.1 Å². The molecule has 0 fully saturated rings. The van der Waals surface area contributed by atoms with E-state index in [0.29, 0.717) is 28.7 Å². The number of phenolic OH excluding ortho intramolecular Hbond substituents is 1. The molecule has 2 N–H and O–H groups in total. The highest BCUT2D eigenvalue weighted by atomic mass is 32.2. The Morgan fingerprint density at radius 1 is 1.35 bits per heavy atom. The van der Waals surface area contributed by atoms with E-state index in [1.807, 2.05) is 31.2 Å². The van der Waals surface area contributed by atoms with Crippen LogP contribution in [0.15, 0.2) is 57.2 Å². The van der Waals surface area contributed by atoms with Crippen LogP contribution in [0.25, 0.3) is 11.1 Å². The number of rotatable bonds is 7. The molecule has 0 saturated carbocycles. The summed E-state index contributed by atoms with van der Waals surface area (Å²) in [6, 6.07) is 12.5. The number of amides is 1. The molecular formula is C18H17N3O4S. The molecule has 8 heteroatoms. The zero-order valence-corrected chi connectivity index (χ0v) is 14.8. The van der Waals surface area contributed by atoms with E-state index in [1.165, 1.54) is 18.0 Å². The molecule has 0 atom stereocenters. The topological polar surface area (TPSA) is 97.0 Å². The number of aromatic nitrogens is 1. The number of benzene rings is 2. The van der Waals surface area contributed by atoms with Gasteiger partial charge in [0, 0.05) is 5.56 Å². The van der Waals surface area contributed by atoms with Crippen LogP contribution in [0.5, 0.6) is 11.5 Å². The van der Waals surface area contributed by atoms with Crippen LogP contribution >= 0.6 is 11.8 Å². The lowest BCUT2D eigenvalue weighted by atomic mass is 10.2. The zero-order chi connectivity index (χ0) is 18.4. The van der Waals surface area contributed by atoms with Gasteiger partial charge in [0.2, 0.25) is 0 Å². The van der Waals surface area contributed by atoms with Gasteiger partial charge in [-0.05, 0) is 31.2 Å². The van der Waals surface area contributed by atoms with Crippen molar-refractivity contribution in [3.05, 3.63) is 48.0 Å². The van der Waals surface area contributed by atoms with Crippen LogP contribution in [0.1, 0.15) is 12.5 Å². The maximum absolute atomic E-state index is 11.9. The minimum Gasteiger partial charge on any atom is -0.504 e. The van der Waals surface area contributed by atoms with Crippen molar-refractivity contribution in [1.29, 1.82) is 0 Å². The molecule has 2 aromatic carbocycles. The number of oxazole rings is 1. The number of ether oxygens (including phenoxy) is 1. The summed E-state index contributed by atoms with van der Waals surface area (Å²) in [4.78, 5) is 16.2. The fourth-order valence-corrected chi connectivity index (χ4v) is 2.79. The molecule has 0 aliphatic rings. The third-order valence-electron chi connectivity index (χ3n) is 3.32. The maximum Gasteiger partial charge on any atom is 0.257 e. The summed E-state index contributed by atoms with van der Waals surface area (Å²) in [6.07, 6.45) is 1.36. The summed E-state index contributed by atoms with van der Waals surface area (Å²) in [5.41, 5.74) is 4.28. The lowest BCUT2D eigenvalue weighted by Gasteiger charge is -2.07. The smallest absolute Gasteiger partial charge is 0.257 e.